The molecule has 0 radical (unpaired) electrons. The first-order valence-electron chi connectivity index (χ1n) is 8.72. The molecular weight excluding hydrogens is 266 g/mol. The van der Waals surface area contributed by atoms with E-state index in [4.69, 9.17) is 19.9 Å². The molecule has 2 aliphatic heterocycles. The summed E-state index contributed by atoms with van der Waals surface area (Å²) in [6.45, 7) is 2.40. The van der Waals surface area contributed by atoms with Crippen LogP contribution in [0.25, 0.3) is 0 Å². The molecule has 0 aromatic heterocycles. The summed E-state index contributed by atoms with van der Waals surface area (Å²) in [4.78, 5) is 0. The van der Waals surface area contributed by atoms with Crippen LogP contribution in [-0.4, -0.2) is 44.2 Å². The third-order valence-electron chi connectivity index (χ3n) is 6.07. The van der Waals surface area contributed by atoms with Crippen molar-refractivity contribution in [2.24, 2.45) is 11.7 Å². The minimum absolute atomic E-state index is 0.0554. The largest absolute Gasteiger partial charge is 0.378 e. The summed E-state index contributed by atoms with van der Waals surface area (Å²) in [5.74, 6) is 0.499. The van der Waals surface area contributed by atoms with Gasteiger partial charge in [-0.05, 0) is 31.6 Å². The minimum atomic E-state index is -0.112. The Morgan fingerprint density at radius 1 is 1.10 bits per heavy atom. The van der Waals surface area contributed by atoms with Gasteiger partial charge in [-0.2, -0.15) is 0 Å². The van der Waals surface area contributed by atoms with Crippen molar-refractivity contribution in [1.82, 2.24) is 0 Å². The molecule has 0 aromatic carbocycles. The fourth-order valence-corrected chi connectivity index (χ4v) is 4.67. The first-order chi connectivity index (χ1) is 10.2. The lowest BCUT2D eigenvalue weighted by Crippen LogP contribution is -2.56. The SMILES string of the molecule is COC1(C(N)C2CCOC3(CCOC3)C2)CCCCCC1. The van der Waals surface area contributed by atoms with Crippen molar-refractivity contribution in [2.45, 2.75) is 75.0 Å². The summed E-state index contributed by atoms with van der Waals surface area (Å²) in [5.41, 5.74) is 6.60. The Bertz CT molecular complexity index is 333. The number of ether oxygens (including phenoxy) is 3. The monoisotopic (exact) mass is 297 g/mol. The molecule has 2 saturated heterocycles. The summed E-state index contributed by atoms with van der Waals surface area (Å²) >= 11 is 0. The minimum Gasteiger partial charge on any atom is -0.378 e. The van der Waals surface area contributed by atoms with Crippen molar-refractivity contribution in [3.8, 4) is 0 Å². The predicted octanol–water partition coefficient (Wildman–Crippen LogP) is 2.64. The van der Waals surface area contributed by atoms with Crippen LogP contribution in [0.2, 0.25) is 0 Å². The van der Waals surface area contributed by atoms with E-state index in [1.807, 2.05) is 7.11 Å². The fraction of sp³-hybridized carbons (Fsp3) is 1.00. The molecule has 2 heterocycles. The van der Waals surface area contributed by atoms with Crippen molar-refractivity contribution >= 4 is 0 Å². The van der Waals surface area contributed by atoms with Gasteiger partial charge in [-0.3, -0.25) is 0 Å². The maximum atomic E-state index is 6.77. The van der Waals surface area contributed by atoms with Gasteiger partial charge in [0.25, 0.3) is 0 Å². The zero-order chi connectivity index (χ0) is 14.8. The molecule has 21 heavy (non-hydrogen) atoms. The predicted molar refractivity (Wildman–Crippen MR) is 82.3 cm³/mol. The van der Waals surface area contributed by atoms with Gasteiger partial charge < -0.3 is 19.9 Å². The summed E-state index contributed by atoms with van der Waals surface area (Å²) in [6, 6.07) is 0.127. The summed E-state index contributed by atoms with van der Waals surface area (Å²) < 4.78 is 17.7. The van der Waals surface area contributed by atoms with E-state index < -0.39 is 0 Å². The zero-order valence-electron chi connectivity index (χ0n) is 13.4. The molecule has 4 nitrogen and oxygen atoms in total. The summed E-state index contributed by atoms with van der Waals surface area (Å²) in [7, 11) is 1.86. The van der Waals surface area contributed by atoms with Gasteiger partial charge in [-0.25, -0.2) is 0 Å². The van der Waals surface area contributed by atoms with E-state index in [9.17, 15) is 0 Å². The van der Waals surface area contributed by atoms with Gasteiger partial charge in [-0.1, -0.05) is 25.7 Å². The first kappa shape index (κ1) is 15.7. The van der Waals surface area contributed by atoms with Crippen LogP contribution < -0.4 is 5.73 Å². The summed E-state index contributed by atoms with van der Waals surface area (Å²) in [6.07, 6.45) is 10.5. The Morgan fingerprint density at radius 2 is 1.86 bits per heavy atom. The molecule has 0 bridgehead atoms. The highest BCUT2D eigenvalue weighted by atomic mass is 16.6. The molecule has 3 fully saturated rings. The van der Waals surface area contributed by atoms with E-state index >= 15 is 0 Å². The van der Waals surface area contributed by atoms with Crippen LogP contribution in [0, 0.1) is 5.92 Å². The Kier molecular flexibility index (Phi) is 4.89. The molecule has 0 aromatic rings. The molecule has 3 aliphatic rings. The van der Waals surface area contributed by atoms with Crippen molar-refractivity contribution < 1.29 is 14.2 Å². The zero-order valence-corrected chi connectivity index (χ0v) is 13.4. The van der Waals surface area contributed by atoms with Gasteiger partial charge in [-0.15, -0.1) is 0 Å². The maximum Gasteiger partial charge on any atom is 0.0939 e. The third-order valence-corrected chi connectivity index (χ3v) is 6.07. The number of methoxy groups -OCH3 is 1. The van der Waals surface area contributed by atoms with Crippen LogP contribution in [0.5, 0.6) is 0 Å². The number of nitrogens with two attached hydrogens (primary N) is 1. The molecule has 2 N–H and O–H groups in total. The highest BCUT2D eigenvalue weighted by Crippen LogP contribution is 2.42. The Balaban J connectivity index is 1.71. The van der Waals surface area contributed by atoms with Gasteiger partial charge in [0.1, 0.15) is 0 Å². The molecule has 1 spiro atoms. The highest BCUT2D eigenvalue weighted by molar-refractivity contribution is 5.01. The third kappa shape index (κ3) is 3.14. The molecule has 3 unspecified atom stereocenters. The Hall–Kier alpha value is -0.160. The van der Waals surface area contributed by atoms with Crippen molar-refractivity contribution in [3.05, 3.63) is 0 Å². The maximum absolute atomic E-state index is 6.77. The van der Waals surface area contributed by atoms with Gasteiger partial charge in [0, 0.05) is 32.8 Å². The fourth-order valence-electron chi connectivity index (χ4n) is 4.67. The molecule has 3 atom stereocenters. The normalized spacial score (nSPS) is 38.3. The van der Waals surface area contributed by atoms with Crippen molar-refractivity contribution in [2.75, 3.05) is 26.9 Å². The molecular formula is C17H31NO3. The number of hydrogen-bond acceptors (Lipinski definition) is 4. The van der Waals surface area contributed by atoms with Crippen LogP contribution in [0.15, 0.2) is 0 Å². The second kappa shape index (κ2) is 6.53. The Morgan fingerprint density at radius 3 is 2.48 bits per heavy atom. The second-order valence-electron chi connectivity index (χ2n) is 7.30. The van der Waals surface area contributed by atoms with E-state index in [1.165, 1.54) is 25.7 Å². The van der Waals surface area contributed by atoms with E-state index in [-0.39, 0.29) is 17.2 Å². The molecule has 3 rings (SSSR count). The molecule has 1 saturated carbocycles. The lowest BCUT2D eigenvalue weighted by atomic mass is 9.73. The number of hydrogen-bond donors (Lipinski definition) is 1. The smallest absolute Gasteiger partial charge is 0.0939 e. The molecule has 0 amide bonds. The van der Waals surface area contributed by atoms with Gasteiger partial charge in [0.15, 0.2) is 0 Å². The van der Waals surface area contributed by atoms with Crippen LogP contribution in [-0.2, 0) is 14.2 Å². The van der Waals surface area contributed by atoms with E-state index in [0.29, 0.717) is 5.92 Å². The standard InChI is InChI=1S/C17H31NO3/c1-19-17(7-4-2-3-5-8-17)15(18)14-6-10-21-16(12-14)9-11-20-13-16/h14-15H,2-13,18H2,1H3. The van der Waals surface area contributed by atoms with Crippen molar-refractivity contribution in [3.63, 3.8) is 0 Å². The highest BCUT2D eigenvalue weighted by Gasteiger charge is 2.47. The average Bonchev–Trinajstić information content (AvgIpc) is 2.82. The second-order valence-corrected chi connectivity index (χ2v) is 7.30. The van der Waals surface area contributed by atoms with Crippen LogP contribution >= 0.6 is 0 Å². The van der Waals surface area contributed by atoms with Gasteiger partial charge in [0.2, 0.25) is 0 Å². The molecule has 122 valence electrons. The van der Waals surface area contributed by atoms with E-state index in [1.54, 1.807) is 0 Å². The Labute approximate surface area is 128 Å². The van der Waals surface area contributed by atoms with E-state index in [2.05, 4.69) is 0 Å². The van der Waals surface area contributed by atoms with Crippen molar-refractivity contribution in [1.29, 1.82) is 0 Å². The average molecular weight is 297 g/mol. The summed E-state index contributed by atoms with van der Waals surface area (Å²) in [5, 5.41) is 0. The van der Waals surface area contributed by atoms with Crippen LogP contribution in [0.1, 0.15) is 57.8 Å². The van der Waals surface area contributed by atoms with Gasteiger partial charge >= 0.3 is 0 Å². The van der Waals surface area contributed by atoms with Gasteiger partial charge in [0.05, 0.1) is 17.8 Å². The van der Waals surface area contributed by atoms with E-state index in [0.717, 1.165) is 51.9 Å². The topological polar surface area (TPSA) is 53.7 Å². The molecule has 1 aliphatic carbocycles. The lowest BCUT2D eigenvalue weighted by molar-refractivity contribution is -0.125. The van der Waals surface area contributed by atoms with Crippen LogP contribution in [0.4, 0.5) is 0 Å². The number of rotatable bonds is 3. The quantitative estimate of drug-likeness (QED) is 0.814. The first-order valence-corrected chi connectivity index (χ1v) is 8.72. The lowest BCUT2D eigenvalue weighted by Gasteiger charge is -2.46. The molecule has 4 heteroatoms. The van der Waals surface area contributed by atoms with Crippen LogP contribution in [0.3, 0.4) is 0 Å².